The van der Waals surface area contributed by atoms with Crippen molar-refractivity contribution in [2.24, 2.45) is 0 Å². The Bertz CT molecular complexity index is 3760. The van der Waals surface area contributed by atoms with Crippen molar-refractivity contribution < 1.29 is 0 Å². The van der Waals surface area contributed by atoms with Crippen LogP contribution in [0.2, 0.25) is 0 Å². The molecule has 294 valence electrons. The molecular formula is C60H38N2S. The summed E-state index contributed by atoms with van der Waals surface area (Å²) in [7, 11) is 0. The summed E-state index contributed by atoms with van der Waals surface area (Å²) in [5.74, 6) is 0. The fraction of sp³-hybridized carbons (Fsp3) is 0. The highest BCUT2D eigenvalue weighted by atomic mass is 32.1. The van der Waals surface area contributed by atoms with Crippen LogP contribution in [0.1, 0.15) is 0 Å². The smallest absolute Gasteiger partial charge is 0.0634 e. The van der Waals surface area contributed by atoms with Gasteiger partial charge in [0.25, 0.3) is 0 Å². The maximum absolute atomic E-state index is 2.46. The molecule has 2 nitrogen and oxygen atoms in total. The molecule has 0 radical (unpaired) electrons. The van der Waals surface area contributed by atoms with Crippen molar-refractivity contribution >= 4 is 75.1 Å². The predicted molar refractivity (Wildman–Crippen MR) is 270 cm³/mol. The van der Waals surface area contributed by atoms with E-state index in [4.69, 9.17) is 0 Å². The van der Waals surface area contributed by atoms with Crippen molar-refractivity contribution in [2.75, 3.05) is 0 Å². The number of thiophene rings is 1. The average Bonchev–Trinajstić information content (AvgIpc) is 4.02. The largest absolute Gasteiger partial charge is 0.309 e. The van der Waals surface area contributed by atoms with Gasteiger partial charge in [0.15, 0.2) is 0 Å². The quantitative estimate of drug-likeness (QED) is 0.158. The zero-order chi connectivity index (χ0) is 41.4. The van der Waals surface area contributed by atoms with Gasteiger partial charge in [0, 0.05) is 53.1 Å². The van der Waals surface area contributed by atoms with E-state index in [9.17, 15) is 0 Å². The van der Waals surface area contributed by atoms with Gasteiger partial charge in [-0.15, -0.1) is 11.3 Å². The molecule has 10 aromatic carbocycles. The minimum atomic E-state index is 1.14. The lowest BCUT2D eigenvalue weighted by Gasteiger charge is -2.12. The van der Waals surface area contributed by atoms with Gasteiger partial charge in [-0.25, -0.2) is 0 Å². The summed E-state index contributed by atoms with van der Waals surface area (Å²) in [4.78, 5) is 0. The van der Waals surface area contributed by atoms with Crippen LogP contribution >= 0.6 is 11.3 Å². The normalized spacial score (nSPS) is 11.8. The Morgan fingerprint density at radius 2 is 0.683 bits per heavy atom. The third-order valence-electron chi connectivity index (χ3n) is 13.0. The van der Waals surface area contributed by atoms with Gasteiger partial charge in [-0.3, -0.25) is 0 Å². The van der Waals surface area contributed by atoms with Crippen LogP contribution in [0.25, 0.3) is 120 Å². The molecule has 0 aliphatic heterocycles. The summed E-state index contributed by atoms with van der Waals surface area (Å²) >= 11 is 1.87. The van der Waals surface area contributed by atoms with Crippen LogP contribution < -0.4 is 0 Å². The molecule has 0 bridgehead atoms. The van der Waals surface area contributed by atoms with Crippen LogP contribution in [0.3, 0.4) is 0 Å². The van der Waals surface area contributed by atoms with E-state index in [2.05, 4.69) is 240 Å². The van der Waals surface area contributed by atoms with Gasteiger partial charge >= 0.3 is 0 Å². The molecule has 0 amide bonds. The van der Waals surface area contributed by atoms with Crippen LogP contribution in [0.5, 0.6) is 0 Å². The number of fused-ring (bicyclic) bond motifs is 10. The summed E-state index contributed by atoms with van der Waals surface area (Å²) in [5, 5.41) is 7.73. The standard InChI is InChI=1S/C60H38N2S/c1-3-11-39(12-4-1)45-27-34-55-52(37-45)53-38-46(40-13-5-2-6-14-40)28-35-56(53)61(55)47-29-23-43(24-30-47)41-19-21-42(22-20-41)44-25-31-48(32-26-44)62-54-17-9-7-15-49(54)50-33-36-58-59(60(50)62)51-16-8-10-18-57(51)63-58/h1-38H. The molecule has 3 heteroatoms. The van der Waals surface area contributed by atoms with E-state index in [1.54, 1.807) is 0 Å². The van der Waals surface area contributed by atoms with E-state index >= 15 is 0 Å². The number of para-hydroxylation sites is 1. The first-order valence-corrected chi connectivity index (χ1v) is 22.4. The lowest BCUT2D eigenvalue weighted by Crippen LogP contribution is -1.94. The van der Waals surface area contributed by atoms with Crippen molar-refractivity contribution in [1.29, 1.82) is 0 Å². The molecule has 0 aliphatic rings. The number of benzene rings is 10. The zero-order valence-corrected chi connectivity index (χ0v) is 35.1. The molecule has 3 heterocycles. The van der Waals surface area contributed by atoms with E-state index in [-0.39, 0.29) is 0 Å². The monoisotopic (exact) mass is 818 g/mol. The van der Waals surface area contributed by atoms with Gasteiger partial charge in [0.2, 0.25) is 0 Å². The van der Waals surface area contributed by atoms with Crippen LogP contribution in [-0.2, 0) is 0 Å². The van der Waals surface area contributed by atoms with Crippen molar-refractivity contribution in [2.45, 2.75) is 0 Å². The van der Waals surface area contributed by atoms with E-state index in [0.29, 0.717) is 0 Å². The highest BCUT2D eigenvalue weighted by molar-refractivity contribution is 7.26. The molecule has 0 fully saturated rings. The van der Waals surface area contributed by atoms with Crippen LogP contribution in [0, 0.1) is 0 Å². The predicted octanol–water partition coefficient (Wildman–Crippen LogP) is 16.9. The number of nitrogens with zero attached hydrogens (tertiary/aromatic N) is 2. The lowest BCUT2D eigenvalue weighted by atomic mass is 10.00. The maximum atomic E-state index is 2.46. The molecule has 0 saturated carbocycles. The highest BCUT2D eigenvalue weighted by Crippen LogP contribution is 2.43. The molecule has 3 aromatic heterocycles. The van der Waals surface area contributed by atoms with Gasteiger partial charge in [-0.05, 0) is 111 Å². The second-order valence-electron chi connectivity index (χ2n) is 16.5. The van der Waals surface area contributed by atoms with E-state index in [1.807, 2.05) is 11.3 Å². The number of aromatic nitrogens is 2. The summed E-state index contributed by atoms with van der Waals surface area (Å²) in [5.41, 5.74) is 16.9. The molecule has 0 spiro atoms. The first-order valence-electron chi connectivity index (χ1n) is 21.6. The van der Waals surface area contributed by atoms with Crippen molar-refractivity contribution in [3.8, 4) is 55.9 Å². The number of hydrogen-bond acceptors (Lipinski definition) is 1. The van der Waals surface area contributed by atoms with Crippen LogP contribution in [0.4, 0.5) is 0 Å². The fourth-order valence-corrected chi connectivity index (χ4v) is 11.0. The van der Waals surface area contributed by atoms with Gasteiger partial charge in [-0.1, -0.05) is 164 Å². The Morgan fingerprint density at radius 3 is 1.25 bits per heavy atom. The molecule has 0 unspecified atom stereocenters. The second-order valence-corrected chi connectivity index (χ2v) is 17.6. The van der Waals surface area contributed by atoms with Crippen molar-refractivity contribution in [3.63, 3.8) is 0 Å². The number of rotatable bonds is 6. The highest BCUT2D eigenvalue weighted by Gasteiger charge is 2.19. The SMILES string of the molecule is c1ccc(-c2ccc3c(c2)c2cc(-c4ccccc4)ccc2n3-c2ccc(-c3ccc(-c4ccc(-n5c6ccccc6c6ccc7sc8ccccc8c7c65)cc4)cc3)cc2)cc1. The Morgan fingerprint density at radius 1 is 0.254 bits per heavy atom. The Labute approximate surface area is 368 Å². The Hall–Kier alpha value is -7.98. The van der Waals surface area contributed by atoms with Gasteiger partial charge in [-0.2, -0.15) is 0 Å². The molecule has 0 saturated heterocycles. The summed E-state index contributed by atoms with van der Waals surface area (Å²) in [6.45, 7) is 0. The fourth-order valence-electron chi connectivity index (χ4n) is 9.92. The second kappa shape index (κ2) is 14.3. The maximum Gasteiger partial charge on any atom is 0.0634 e. The van der Waals surface area contributed by atoms with E-state index in [1.165, 1.54) is 114 Å². The first-order chi connectivity index (χ1) is 31.2. The minimum Gasteiger partial charge on any atom is -0.309 e. The van der Waals surface area contributed by atoms with Crippen molar-refractivity contribution in [3.05, 3.63) is 231 Å². The third kappa shape index (κ3) is 5.78. The Balaban J connectivity index is 0.837. The van der Waals surface area contributed by atoms with Gasteiger partial charge < -0.3 is 9.13 Å². The topological polar surface area (TPSA) is 9.86 Å². The summed E-state index contributed by atoms with van der Waals surface area (Å²) in [6, 6.07) is 84.5. The van der Waals surface area contributed by atoms with Gasteiger partial charge in [0.05, 0.1) is 22.1 Å². The van der Waals surface area contributed by atoms with Gasteiger partial charge in [0.1, 0.15) is 0 Å². The lowest BCUT2D eigenvalue weighted by molar-refractivity contribution is 1.18. The summed E-state index contributed by atoms with van der Waals surface area (Å²) < 4.78 is 7.52. The Kier molecular flexibility index (Phi) is 8.12. The molecule has 63 heavy (non-hydrogen) atoms. The molecular weight excluding hydrogens is 781 g/mol. The zero-order valence-electron chi connectivity index (χ0n) is 34.2. The first kappa shape index (κ1) is 35.7. The summed E-state index contributed by atoms with van der Waals surface area (Å²) in [6.07, 6.45) is 0. The average molecular weight is 819 g/mol. The number of hydrogen-bond donors (Lipinski definition) is 0. The van der Waals surface area contributed by atoms with E-state index in [0.717, 1.165) is 5.69 Å². The molecule has 0 atom stereocenters. The molecule has 0 aliphatic carbocycles. The van der Waals surface area contributed by atoms with Crippen LogP contribution in [0.15, 0.2) is 231 Å². The molecule has 0 N–H and O–H groups in total. The third-order valence-corrected chi connectivity index (χ3v) is 14.1. The van der Waals surface area contributed by atoms with Crippen molar-refractivity contribution in [1.82, 2.24) is 9.13 Å². The molecule has 13 aromatic rings. The van der Waals surface area contributed by atoms with Crippen LogP contribution in [-0.4, -0.2) is 9.13 Å². The minimum absolute atomic E-state index is 1.14. The van der Waals surface area contributed by atoms with E-state index < -0.39 is 0 Å². The molecule has 13 rings (SSSR count).